The third kappa shape index (κ3) is 3.24. The van der Waals surface area contributed by atoms with Crippen LogP contribution in [0, 0.1) is 0 Å². The van der Waals surface area contributed by atoms with E-state index in [9.17, 15) is 9.59 Å². The molecule has 1 amide bonds. The molecule has 2 atom stereocenters. The van der Waals surface area contributed by atoms with Crippen LogP contribution in [-0.4, -0.2) is 29.2 Å². The van der Waals surface area contributed by atoms with Crippen molar-refractivity contribution in [2.24, 2.45) is 0 Å². The van der Waals surface area contributed by atoms with E-state index in [1.165, 1.54) is 18.2 Å². The van der Waals surface area contributed by atoms with E-state index >= 15 is 0 Å². The molecule has 1 saturated heterocycles. The van der Waals surface area contributed by atoms with Crippen molar-refractivity contribution in [3.63, 3.8) is 0 Å². The van der Waals surface area contributed by atoms with Crippen LogP contribution in [-0.2, 0) is 9.53 Å². The molecule has 1 aliphatic heterocycles. The Morgan fingerprint density at radius 1 is 1.42 bits per heavy atom. The zero-order chi connectivity index (χ0) is 14.0. The first-order valence-corrected chi connectivity index (χ1v) is 6.34. The van der Waals surface area contributed by atoms with Crippen LogP contribution in [0.1, 0.15) is 30.1 Å². The van der Waals surface area contributed by atoms with Gasteiger partial charge in [-0.15, -0.1) is 0 Å². The van der Waals surface area contributed by atoms with Gasteiger partial charge in [-0.1, -0.05) is 11.6 Å². The molecule has 2 rings (SSSR count). The number of anilines is 1. The van der Waals surface area contributed by atoms with E-state index < -0.39 is 12.1 Å². The minimum absolute atomic E-state index is 0.0353. The number of ether oxygens (including phenoxy) is 1. The van der Waals surface area contributed by atoms with Crippen molar-refractivity contribution >= 4 is 29.2 Å². The molecule has 0 bridgehead atoms. The minimum atomic E-state index is -1.14. The maximum atomic E-state index is 12.0. The maximum Gasteiger partial charge on any atom is 0.337 e. The fraction of sp³-hybridized carbons (Fsp3) is 0.385. The van der Waals surface area contributed by atoms with Crippen molar-refractivity contribution in [1.29, 1.82) is 0 Å². The predicted octanol–water partition coefficient (Wildman–Crippen LogP) is 2.54. The average molecular weight is 284 g/mol. The van der Waals surface area contributed by atoms with Crippen molar-refractivity contribution < 1.29 is 19.4 Å². The second kappa shape index (κ2) is 5.59. The van der Waals surface area contributed by atoms with E-state index in [2.05, 4.69) is 5.32 Å². The quantitative estimate of drug-likeness (QED) is 0.894. The number of amides is 1. The highest BCUT2D eigenvalue weighted by atomic mass is 35.5. The molecule has 1 aromatic carbocycles. The van der Waals surface area contributed by atoms with Crippen molar-refractivity contribution in [1.82, 2.24) is 0 Å². The van der Waals surface area contributed by atoms with Gasteiger partial charge < -0.3 is 15.2 Å². The van der Waals surface area contributed by atoms with Gasteiger partial charge in [-0.2, -0.15) is 0 Å². The van der Waals surface area contributed by atoms with Crippen molar-refractivity contribution in [3.05, 3.63) is 28.8 Å². The van der Waals surface area contributed by atoms with Gasteiger partial charge in [0.2, 0.25) is 0 Å². The lowest BCUT2D eigenvalue weighted by atomic mass is 10.1. The van der Waals surface area contributed by atoms with Crippen molar-refractivity contribution in [3.8, 4) is 0 Å². The molecule has 1 heterocycles. The van der Waals surface area contributed by atoms with E-state index in [0.717, 1.165) is 6.42 Å². The molecular formula is C13H14ClNO4. The summed E-state index contributed by atoms with van der Waals surface area (Å²) in [4.78, 5) is 23.0. The molecule has 2 unspecified atom stereocenters. The highest BCUT2D eigenvalue weighted by Gasteiger charge is 2.28. The van der Waals surface area contributed by atoms with Gasteiger partial charge in [0.25, 0.3) is 5.91 Å². The summed E-state index contributed by atoms with van der Waals surface area (Å²) in [5, 5.41) is 12.0. The molecule has 5 nitrogen and oxygen atoms in total. The normalized spacial score (nSPS) is 22.2. The fourth-order valence-electron chi connectivity index (χ4n) is 2.01. The Kier molecular flexibility index (Phi) is 4.07. The summed E-state index contributed by atoms with van der Waals surface area (Å²) in [7, 11) is 0. The van der Waals surface area contributed by atoms with Gasteiger partial charge in [-0.3, -0.25) is 4.79 Å². The summed E-state index contributed by atoms with van der Waals surface area (Å²) in [5.74, 6) is -1.47. The highest BCUT2D eigenvalue weighted by molar-refractivity contribution is 6.31. The summed E-state index contributed by atoms with van der Waals surface area (Å²) >= 11 is 5.74. The average Bonchev–Trinajstić information content (AvgIpc) is 2.78. The van der Waals surface area contributed by atoms with Gasteiger partial charge in [-0.25, -0.2) is 4.79 Å². The Morgan fingerprint density at radius 2 is 2.16 bits per heavy atom. The van der Waals surface area contributed by atoms with Crippen LogP contribution in [0.5, 0.6) is 0 Å². The second-order valence-corrected chi connectivity index (χ2v) is 4.93. The van der Waals surface area contributed by atoms with Gasteiger partial charge in [0.1, 0.15) is 6.10 Å². The predicted molar refractivity (Wildman–Crippen MR) is 70.6 cm³/mol. The molecule has 0 radical (unpaired) electrons. The molecule has 0 aromatic heterocycles. The van der Waals surface area contributed by atoms with Crippen LogP contribution in [0.2, 0.25) is 5.02 Å². The van der Waals surface area contributed by atoms with Crippen molar-refractivity contribution in [2.75, 3.05) is 5.32 Å². The SMILES string of the molecule is CC1CCC(C(=O)Nc2ccc(Cl)cc2C(=O)O)O1. The fourth-order valence-corrected chi connectivity index (χ4v) is 2.18. The van der Waals surface area contributed by atoms with Gasteiger partial charge in [0.15, 0.2) is 0 Å². The maximum absolute atomic E-state index is 12.0. The Labute approximate surface area is 115 Å². The molecule has 2 N–H and O–H groups in total. The van der Waals surface area contributed by atoms with E-state index in [-0.39, 0.29) is 23.3 Å². The molecule has 1 aliphatic rings. The third-order valence-electron chi connectivity index (χ3n) is 2.99. The lowest BCUT2D eigenvalue weighted by molar-refractivity contribution is -0.126. The first-order valence-electron chi connectivity index (χ1n) is 5.96. The second-order valence-electron chi connectivity index (χ2n) is 4.50. The molecule has 19 heavy (non-hydrogen) atoms. The summed E-state index contributed by atoms with van der Waals surface area (Å²) in [6.45, 7) is 1.90. The zero-order valence-corrected chi connectivity index (χ0v) is 11.1. The number of aromatic carboxylic acids is 1. The van der Waals surface area contributed by atoms with Crippen molar-refractivity contribution in [2.45, 2.75) is 32.0 Å². The van der Waals surface area contributed by atoms with Crippen LogP contribution in [0.15, 0.2) is 18.2 Å². The molecule has 1 aromatic rings. The lowest BCUT2D eigenvalue weighted by Gasteiger charge is -2.13. The van der Waals surface area contributed by atoms with E-state index in [4.69, 9.17) is 21.4 Å². The van der Waals surface area contributed by atoms with E-state index in [0.29, 0.717) is 11.4 Å². The monoisotopic (exact) mass is 283 g/mol. The van der Waals surface area contributed by atoms with Gasteiger partial charge in [0, 0.05) is 5.02 Å². The van der Waals surface area contributed by atoms with Gasteiger partial charge in [-0.05, 0) is 38.0 Å². The minimum Gasteiger partial charge on any atom is -0.478 e. The Balaban J connectivity index is 2.14. The smallest absolute Gasteiger partial charge is 0.337 e. The van der Waals surface area contributed by atoms with Crippen LogP contribution in [0.3, 0.4) is 0 Å². The third-order valence-corrected chi connectivity index (χ3v) is 3.23. The number of rotatable bonds is 3. The summed E-state index contributed by atoms with van der Waals surface area (Å²) in [5.41, 5.74) is 0.192. The number of benzene rings is 1. The van der Waals surface area contributed by atoms with Crippen LogP contribution < -0.4 is 5.32 Å². The highest BCUT2D eigenvalue weighted by Crippen LogP contribution is 2.24. The number of carboxylic acids is 1. The Hall–Kier alpha value is -1.59. The van der Waals surface area contributed by atoms with Gasteiger partial charge >= 0.3 is 5.97 Å². The first kappa shape index (κ1) is 13.8. The molecular weight excluding hydrogens is 270 g/mol. The standard InChI is InChI=1S/C13H14ClNO4/c1-7-2-5-11(19-7)12(16)15-10-4-3-8(14)6-9(10)13(17)18/h3-4,6-7,11H,2,5H2,1H3,(H,15,16)(H,17,18). The van der Waals surface area contributed by atoms with Crippen LogP contribution in [0.4, 0.5) is 5.69 Å². The summed E-state index contributed by atoms with van der Waals surface area (Å²) < 4.78 is 5.43. The molecule has 0 aliphatic carbocycles. The number of hydrogen-bond acceptors (Lipinski definition) is 3. The largest absolute Gasteiger partial charge is 0.478 e. The molecule has 1 fully saturated rings. The molecule has 0 saturated carbocycles. The van der Waals surface area contributed by atoms with Gasteiger partial charge in [0.05, 0.1) is 17.4 Å². The van der Waals surface area contributed by atoms with E-state index in [1.807, 2.05) is 6.92 Å². The van der Waals surface area contributed by atoms with Crippen LogP contribution >= 0.6 is 11.6 Å². The molecule has 102 valence electrons. The molecule has 6 heteroatoms. The Bertz CT molecular complexity index is 517. The summed E-state index contributed by atoms with van der Waals surface area (Å²) in [6, 6.07) is 4.31. The lowest BCUT2D eigenvalue weighted by Crippen LogP contribution is -2.28. The number of nitrogens with one attached hydrogen (secondary N) is 1. The Morgan fingerprint density at radius 3 is 2.74 bits per heavy atom. The number of carboxylic acid groups (broad SMARTS) is 1. The first-order chi connectivity index (χ1) is 8.97. The molecule has 0 spiro atoms. The van der Waals surface area contributed by atoms with Crippen LogP contribution in [0.25, 0.3) is 0 Å². The number of carbonyl (C=O) groups is 2. The topological polar surface area (TPSA) is 75.6 Å². The number of hydrogen-bond donors (Lipinski definition) is 2. The zero-order valence-electron chi connectivity index (χ0n) is 10.4. The number of halogens is 1. The van der Waals surface area contributed by atoms with E-state index in [1.54, 1.807) is 0 Å². The number of carbonyl (C=O) groups excluding carboxylic acids is 1. The summed E-state index contributed by atoms with van der Waals surface area (Å²) in [6.07, 6.45) is 1.00.